The molecule has 3 rings (SSSR count). The lowest BCUT2D eigenvalue weighted by molar-refractivity contribution is 0.222. The minimum absolute atomic E-state index is 0.243. The molecule has 0 aliphatic carbocycles. The molecule has 134 valence electrons. The Morgan fingerprint density at radius 1 is 1.04 bits per heavy atom. The van der Waals surface area contributed by atoms with E-state index in [9.17, 15) is 12.8 Å². The molecule has 0 bridgehead atoms. The van der Waals surface area contributed by atoms with Gasteiger partial charge in [-0.25, -0.2) is 12.8 Å². The Hall–Kier alpha value is -1.92. The molecule has 1 aliphatic rings. The molecule has 0 spiro atoms. The van der Waals surface area contributed by atoms with Crippen molar-refractivity contribution < 1.29 is 17.5 Å². The van der Waals surface area contributed by atoms with Gasteiger partial charge in [0, 0.05) is 6.54 Å². The molecular formula is C19H22FNO3S. The first-order valence-electron chi connectivity index (χ1n) is 8.34. The van der Waals surface area contributed by atoms with Crippen LogP contribution < -0.4 is 4.74 Å². The van der Waals surface area contributed by atoms with Gasteiger partial charge in [-0.15, -0.1) is 0 Å². The zero-order chi connectivity index (χ0) is 17.9. The van der Waals surface area contributed by atoms with Crippen LogP contribution >= 0.6 is 0 Å². The highest BCUT2D eigenvalue weighted by Gasteiger charge is 2.31. The van der Waals surface area contributed by atoms with Gasteiger partial charge in [-0.05, 0) is 67.9 Å². The Balaban J connectivity index is 1.61. The van der Waals surface area contributed by atoms with Crippen molar-refractivity contribution in [1.29, 1.82) is 0 Å². The van der Waals surface area contributed by atoms with Crippen molar-refractivity contribution in [3.8, 4) is 5.75 Å². The van der Waals surface area contributed by atoms with E-state index in [2.05, 4.69) is 4.90 Å². The molecule has 0 atom stereocenters. The van der Waals surface area contributed by atoms with E-state index in [1.54, 1.807) is 43.5 Å². The summed E-state index contributed by atoms with van der Waals surface area (Å²) in [7, 11) is -1.76. The van der Waals surface area contributed by atoms with Gasteiger partial charge >= 0.3 is 0 Å². The van der Waals surface area contributed by atoms with E-state index in [1.807, 2.05) is 0 Å². The second-order valence-electron chi connectivity index (χ2n) is 6.32. The topological polar surface area (TPSA) is 46.6 Å². The fourth-order valence-corrected chi connectivity index (χ4v) is 4.92. The summed E-state index contributed by atoms with van der Waals surface area (Å²) < 4.78 is 43.6. The van der Waals surface area contributed by atoms with Crippen LogP contribution in [0.5, 0.6) is 5.75 Å². The molecule has 0 unspecified atom stereocenters. The van der Waals surface area contributed by atoms with Crippen LogP contribution in [0.15, 0.2) is 53.4 Å². The average molecular weight is 363 g/mol. The largest absolute Gasteiger partial charge is 0.497 e. The lowest BCUT2D eigenvalue weighted by Crippen LogP contribution is -2.38. The minimum Gasteiger partial charge on any atom is -0.497 e. The van der Waals surface area contributed by atoms with Crippen molar-refractivity contribution in [2.45, 2.75) is 29.5 Å². The molecule has 25 heavy (non-hydrogen) atoms. The standard InChI is InChI=1S/C19H22FNO3S/c1-24-17-6-8-18(9-7-17)25(22,23)19-10-12-21(13-11-19)14-15-2-4-16(20)5-3-15/h2-9,19H,10-14H2,1H3. The number of piperidine rings is 1. The highest BCUT2D eigenvalue weighted by atomic mass is 32.2. The number of methoxy groups -OCH3 is 1. The Morgan fingerprint density at radius 3 is 2.20 bits per heavy atom. The molecule has 0 N–H and O–H groups in total. The SMILES string of the molecule is COc1ccc(S(=O)(=O)C2CCN(Cc3ccc(F)cc3)CC2)cc1. The highest BCUT2D eigenvalue weighted by molar-refractivity contribution is 7.92. The number of hydrogen-bond donors (Lipinski definition) is 0. The molecule has 2 aromatic rings. The Morgan fingerprint density at radius 2 is 1.64 bits per heavy atom. The molecule has 0 radical (unpaired) electrons. The maximum Gasteiger partial charge on any atom is 0.181 e. The van der Waals surface area contributed by atoms with Crippen LogP contribution in [-0.4, -0.2) is 38.8 Å². The Labute approximate surface area is 148 Å². The van der Waals surface area contributed by atoms with Gasteiger partial charge in [0.2, 0.25) is 0 Å². The lowest BCUT2D eigenvalue weighted by atomic mass is 10.1. The first kappa shape index (κ1) is 17.9. The van der Waals surface area contributed by atoms with Gasteiger partial charge in [0.25, 0.3) is 0 Å². The molecule has 1 saturated heterocycles. The van der Waals surface area contributed by atoms with Gasteiger partial charge in [-0.1, -0.05) is 12.1 Å². The number of likely N-dealkylation sites (tertiary alicyclic amines) is 1. The predicted octanol–water partition coefficient (Wildman–Crippen LogP) is 3.27. The Bertz CT molecular complexity index is 796. The van der Waals surface area contributed by atoms with Gasteiger partial charge in [-0.2, -0.15) is 0 Å². The third-order valence-corrected chi connectivity index (χ3v) is 6.96. The monoisotopic (exact) mass is 363 g/mol. The van der Waals surface area contributed by atoms with Gasteiger partial charge < -0.3 is 4.74 Å². The van der Waals surface area contributed by atoms with Crippen molar-refractivity contribution in [2.75, 3.05) is 20.2 Å². The smallest absolute Gasteiger partial charge is 0.181 e. The quantitative estimate of drug-likeness (QED) is 0.818. The van der Waals surface area contributed by atoms with E-state index in [-0.39, 0.29) is 11.1 Å². The summed E-state index contributed by atoms with van der Waals surface area (Å²) in [6.07, 6.45) is 1.21. The van der Waals surface area contributed by atoms with Crippen molar-refractivity contribution in [3.63, 3.8) is 0 Å². The second kappa shape index (κ2) is 7.54. The fraction of sp³-hybridized carbons (Fsp3) is 0.368. The summed E-state index contributed by atoms with van der Waals surface area (Å²) >= 11 is 0. The normalized spacial score (nSPS) is 16.7. The molecule has 2 aromatic carbocycles. The molecule has 6 heteroatoms. The number of ether oxygens (including phenoxy) is 1. The van der Waals surface area contributed by atoms with Gasteiger partial charge in [0.15, 0.2) is 9.84 Å². The summed E-state index contributed by atoms with van der Waals surface area (Å²) in [5, 5.41) is -0.356. The average Bonchev–Trinajstić information content (AvgIpc) is 2.64. The maximum atomic E-state index is 13.0. The summed E-state index contributed by atoms with van der Waals surface area (Å²) in [6.45, 7) is 2.16. The third kappa shape index (κ3) is 4.19. The first-order chi connectivity index (χ1) is 12.0. The van der Waals surface area contributed by atoms with Crippen molar-refractivity contribution >= 4 is 9.84 Å². The molecule has 0 amide bonds. The van der Waals surface area contributed by atoms with E-state index >= 15 is 0 Å². The maximum absolute atomic E-state index is 13.0. The van der Waals surface area contributed by atoms with Crippen LogP contribution in [0.4, 0.5) is 4.39 Å². The molecule has 0 aromatic heterocycles. The lowest BCUT2D eigenvalue weighted by Gasteiger charge is -2.31. The van der Waals surface area contributed by atoms with Crippen LogP contribution in [0, 0.1) is 5.82 Å². The van der Waals surface area contributed by atoms with Crippen LogP contribution in [-0.2, 0) is 16.4 Å². The molecule has 1 aliphatic heterocycles. The van der Waals surface area contributed by atoms with E-state index in [0.717, 1.165) is 25.2 Å². The second-order valence-corrected chi connectivity index (χ2v) is 8.55. The number of benzene rings is 2. The molecular weight excluding hydrogens is 341 g/mol. The Kier molecular flexibility index (Phi) is 5.39. The third-order valence-electron chi connectivity index (χ3n) is 4.68. The van der Waals surface area contributed by atoms with E-state index in [1.165, 1.54) is 12.1 Å². The van der Waals surface area contributed by atoms with Crippen molar-refractivity contribution in [3.05, 3.63) is 59.9 Å². The van der Waals surface area contributed by atoms with Crippen molar-refractivity contribution in [2.24, 2.45) is 0 Å². The summed E-state index contributed by atoms with van der Waals surface area (Å²) in [5.41, 5.74) is 1.04. The van der Waals surface area contributed by atoms with Gasteiger partial charge in [-0.3, -0.25) is 4.90 Å². The summed E-state index contributed by atoms with van der Waals surface area (Å²) in [6, 6.07) is 13.0. The number of halogens is 1. The first-order valence-corrected chi connectivity index (χ1v) is 9.88. The van der Waals surface area contributed by atoms with E-state index < -0.39 is 9.84 Å². The van der Waals surface area contributed by atoms with Crippen LogP contribution in [0.25, 0.3) is 0 Å². The van der Waals surface area contributed by atoms with E-state index in [0.29, 0.717) is 23.5 Å². The van der Waals surface area contributed by atoms with Crippen LogP contribution in [0.2, 0.25) is 0 Å². The number of nitrogens with zero attached hydrogens (tertiary/aromatic N) is 1. The molecule has 1 fully saturated rings. The minimum atomic E-state index is -3.32. The van der Waals surface area contributed by atoms with Gasteiger partial charge in [0.05, 0.1) is 17.3 Å². The molecule has 0 saturated carbocycles. The molecule has 4 nitrogen and oxygen atoms in total. The molecule has 1 heterocycles. The van der Waals surface area contributed by atoms with Crippen LogP contribution in [0.1, 0.15) is 18.4 Å². The fourth-order valence-electron chi connectivity index (χ4n) is 3.18. The number of sulfone groups is 1. The highest BCUT2D eigenvalue weighted by Crippen LogP contribution is 2.26. The van der Waals surface area contributed by atoms with Crippen LogP contribution in [0.3, 0.4) is 0 Å². The zero-order valence-electron chi connectivity index (χ0n) is 14.2. The van der Waals surface area contributed by atoms with Crippen molar-refractivity contribution in [1.82, 2.24) is 4.90 Å². The number of rotatable bonds is 5. The predicted molar refractivity (Wildman–Crippen MR) is 94.9 cm³/mol. The summed E-state index contributed by atoms with van der Waals surface area (Å²) in [5.74, 6) is 0.404. The van der Waals surface area contributed by atoms with Gasteiger partial charge in [0.1, 0.15) is 11.6 Å². The number of hydrogen-bond acceptors (Lipinski definition) is 4. The zero-order valence-corrected chi connectivity index (χ0v) is 15.0. The van der Waals surface area contributed by atoms with E-state index in [4.69, 9.17) is 4.74 Å². The summed E-state index contributed by atoms with van der Waals surface area (Å²) in [4.78, 5) is 2.57.